The summed E-state index contributed by atoms with van der Waals surface area (Å²) in [6.45, 7) is 1.30. The minimum atomic E-state index is -3.67. The number of ether oxygens (including phenoxy) is 1. The Balaban J connectivity index is 1.27. The molecule has 1 atom stereocenters. The number of hydrogen-bond donors (Lipinski definition) is 0. The topological polar surface area (TPSA) is 66.9 Å². The summed E-state index contributed by atoms with van der Waals surface area (Å²) in [4.78, 5) is 15.5. The van der Waals surface area contributed by atoms with Crippen LogP contribution < -0.4 is 4.90 Å². The van der Waals surface area contributed by atoms with Gasteiger partial charge in [0.15, 0.2) is 0 Å². The van der Waals surface area contributed by atoms with Gasteiger partial charge in [0, 0.05) is 32.4 Å². The Bertz CT molecular complexity index is 1140. The van der Waals surface area contributed by atoms with Gasteiger partial charge in [0.05, 0.1) is 16.5 Å². The first kappa shape index (κ1) is 22.8. The van der Waals surface area contributed by atoms with Crippen molar-refractivity contribution in [3.63, 3.8) is 0 Å². The number of nitrogens with zero attached hydrogens (tertiary/aromatic N) is 2. The third-order valence-electron chi connectivity index (χ3n) is 7.48. The molecule has 0 aromatic heterocycles. The lowest BCUT2D eigenvalue weighted by atomic mass is 9.77. The smallest absolute Gasteiger partial charge is 0.244 e. The molecule has 1 aliphatic carbocycles. The van der Waals surface area contributed by atoms with E-state index in [1.165, 1.54) is 23.2 Å². The zero-order chi connectivity index (χ0) is 23.2. The van der Waals surface area contributed by atoms with E-state index < -0.39 is 15.4 Å². The molecule has 5 rings (SSSR count). The van der Waals surface area contributed by atoms with Crippen LogP contribution in [0.2, 0.25) is 5.02 Å². The van der Waals surface area contributed by atoms with Crippen molar-refractivity contribution in [2.75, 3.05) is 31.6 Å². The number of piperidine rings is 1. The lowest BCUT2D eigenvalue weighted by Crippen LogP contribution is -2.46. The lowest BCUT2D eigenvalue weighted by Gasteiger charge is -2.37. The number of rotatable bonds is 6. The summed E-state index contributed by atoms with van der Waals surface area (Å²) >= 11 is 6.14. The maximum absolute atomic E-state index is 13.5. The fourth-order valence-electron chi connectivity index (χ4n) is 5.32. The van der Waals surface area contributed by atoms with Gasteiger partial charge in [-0.15, -0.1) is 0 Å². The molecule has 176 valence electrons. The van der Waals surface area contributed by atoms with Crippen molar-refractivity contribution in [2.24, 2.45) is 11.3 Å². The second kappa shape index (κ2) is 8.69. The standard InChI is InChI=1S/C25H29ClN2O4S/c1-32-23(18-6-7-18)19-8-10-20(11-9-19)28-17-14-25(24(28)29)12-15-27(16-13-25)33(30,31)22-5-3-2-4-21(22)26/h2-5,8-11,18,23H,6-7,12-17H2,1H3. The molecule has 0 N–H and O–H groups in total. The van der Waals surface area contributed by atoms with Gasteiger partial charge in [0.1, 0.15) is 4.90 Å². The molecule has 3 aliphatic rings. The summed E-state index contributed by atoms with van der Waals surface area (Å²) < 4.78 is 33.3. The molecule has 2 aromatic carbocycles. The second-order valence-corrected chi connectivity index (χ2v) is 11.7. The van der Waals surface area contributed by atoms with E-state index >= 15 is 0 Å². The van der Waals surface area contributed by atoms with Crippen molar-refractivity contribution in [1.29, 1.82) is 0 Å². The minimum Gasteiger partial charge on any atom is -0.376 e. The quantitative estimate of drug-likeness (QED) is 0.593. The average molecular weight is 489 g/mol. The van der Waals surface area contributed by atoms with Gasteiger partial charge in [0.2, 0.25) is 15.9 Å². The molecule has 6 nitrogen and oxygen atoms in total. The van der Waals surface area contributed by atoms with Crippen LogP contribution in [-0.4, -0.2) is 45.4 Å². The van der Waals surface area contributed by atoms with Crippen molar-refractivity contribution >= 4 is 33.2 Å². The average Bonchev–Trinajstić information content (AvgIpc) is 3.61. The van der Waals surface area contributed by atoms with Crippen molar-refractivity contribution in [3.8, 4) is 0 Å². The Morgan fingerprint density at radius 3 is 2.24 bits per heavy atom. The van der Waals surface area contributed by atoms with Crippen LogP contribution in [-0.2, 0) is 19.6 Å². The lowest BCUT2D eigenvalue weighted by molar-refractivity contribution is -0.127. The fraction of sp³-hybridized carbons (Fsp3) is 0.480. The van der Waals surface area contributed by atoms with E-state index in [0.717, 1.165) is 17.7 Å². The normalized spacial score (nSPS) is 22.1. The molecule has 0 bridgehead atoms. The van der Waals surface area contributed by atoms with Gasteiger partial charge >= 0.3 is 0 Å². The zero-order valence-electron chi connectivity index (χ0n) is 18.7. The third-order valence-corrected chi connectivity index (χ3v) is 9.88. The Morgan fingerprint density at radius 1 is 1.00 bits per heavy atom. The molecule has 0 radical (unpaired) electrons. The monoisotopic (exact) mass is 488 g/mol. The maximum Gasteiger partial charge on any atom is 0.244 e. The van der Waals surface area contributed by atoms with Crippen molar-refractivity contribution in [3.05, 3.63) is 59.1 Å². The number of carbonyl (C=O) groups is 1. The molecule has 2 aromatic rings. The van der Waals surface area contributed by atoms with E-state index in [4.69, 9.17) is 16.3 Å². The highest BCUT2D eigenvalue weighted by Gasteiger charge is 2.50. The zero-order valence-corrected chi connectivity index (χ0v) is 20.3. The minimum absolute atomic E-state index is 0.107. The van der Waals surface area contributed by atoms with E-state index in [1.54, 1.807) is 25.3 Å². The maximum atomic E-state index is 13.5. The van der Waals surface area contributed by atoms with Gasteiger partial charge in [-0.1, -0.05) is 35.9 Å². The number of amides is 1. The predicted octanol–water partition coefficient (Wildman–Crippen LogP) is 4.65. The number of carbonyl (C=O) groups excluding carboxylic acids is 1. The molecule has 3 fully saturated rings. The van der Waals surface area contributed by atoms with Crippen LogP contribution in [0.3, 0.4) is 0 Å². The fourth-order valence-corrected chi connectivity index (χ4v) is 7.26. The molecular weight excluding hydrogens is 460 g/mol. The highest BCUT2D eigenvalue weighted by molar-refractivity contribution is 7.89. The van der Waals surface area contributed by atoms with Crippen LogP contribution in [0.5, 0.6) is 0 Å². The summed E-state index contributed by atoms with van der Waals surface area (Å²) in [5.74, 6) is 0.709. The van der Waals surface area contributed by atoms with Crippen molar-refractivity contribution in [1.82, 2.24) is 4.31 Å². The van der Waals surface area contributed by atoms with Gasteiger partial charge < -0.3 is 9.64 Å². The number of sulfonamides is 1. The Morgan fingerprint density at radius 2 is 1.64 bits per heavy atom. The number of benzene rings is 2. The molecule has 1 spiro atoms. The molecule has 8 heteroatoms. The largest absolute Gasteiger partial charge is 0.376 e. The van der Waals surface area contributed by atoms with E-state index in [-0.39, 0.29) is 21.9 Å². The summed E-state index contributed by atoms with van der Waals surface area (Å²) in [5.41, 5.74) is 1.56. The van der Waals surface area contributed by atoms with Crippen LogP contribution in [0, 0.1) is 11.3 Å². The summed E-state index contributed by atoms with van der Waals surface area (Å²) in [7, 11) is -1.92. The Hall–Kier alpha value is -1.93. The highest BCUT2D eigenvalue weighted by atomic mass is 35.5. The van der Waals surface area contributed by atoms with Crippen molar-refractivity contribution < 1.29 is 17.9 Å². The number of hydrogen-bond acceptors (Lipinski definition) is 4. The molecule has 1 unspecified atom stereocenters. The number of halogens is 1. The summed E-state index contributed by atoms with van der Waals surface area (Å²) in [6.07, 6.45) is 4.34. The molecule has 2 aliphatic heterocycles. The van der Waals surface area contributed by atoms with E-state index in [0.29, 0.717) is 38.4 Å². The van der Waals surface area contributed by atoms with Crippen molar-refractivity contribution in [2.45, 2.75) is 43.1 Å². The van der Waals surface area contributed by atoms with Gasteiger partial charge in [-0.2, -0.15) is 4.31 Å². The highest BCUT2D eigenvalue weighted by Crippen LogP contribution is 2.46. The Kier molecular flexibility index (Phi) is 6.02. The van der Waals surface area contributed by atoms with Crippen LogP contribution in [0.1, 0.15) is 43.8 Å². The van der Waals surface area contributed by atoms with Gasteiger partial charge in [-0.25, -0.2) is 8.42 Å². The first-order chi connectivity index (χ1) is 15.9. The third kappa shape index (κ3) is 4.09. The molecular formula is C25H29ClN2O4S. The van der Waals surface area contributed by atoms with Gasteiger partial charge in [-0.3, -0.25) is 4.79 Å². The van der Waals surface area contributed by atoms with E-state index in [2.05, 4.69) is 12.1 Å². The van der Waals surface area contributed by atoms with Gasteiger partial charge in [-0.05, 0) is 67.9 Å². The molecule has 1 saturated carbocycles. The predicted molar refractivity (Wildman–Crippen MR) is 128 cm³/mol. The van der Waals surface area contributed by atoms with Crippen LogP contribution in [0.25, 0.3) is 0 Å². The molecule has 33 heavy (non-hydrogen) atoms. The van der Waals surface area contributed by atoms with Gasteiger partial charge in [0.25, 0.3) is 0 Å². The SMILES string of the molecule is COC(c1ccc(N2CCC3(CCN(S(=O)(=O)c4ccccc4Cl)CC3)C2=O)cc1)C1CC1. The van der Waals surface area contributed by atoms with Crippen LogP contribution >= 0.6 is 11.6 Å². The second-order valence-electron chi connectivity index (χ2n) is 9.41. The molecule has 1 amide bonds. The Labute approximate surface area is 200 Å². The summed E-state index contributed by atoms with van der Waals surface area (Å²) in [6, 6.07) is 14.7. The number of methoxy groups -OCH3 is 1. The molecule has 2 saturated heterocycles. The van der Waals surface area contributed by atoms with Crippen LogP contribution in [0.15, 0.2) is 53.4 Å². The molecule has 2 heterocycles. The summed E-state index contributed by atoms with van der Waals surface area (Å²) in [5, 5.41) is 0.224. The number of anilines is 1. The first-order valence-corrected chi connectivity index (χ1v) is 13.4. The van der Waals surface area contributed by atoms with E-state index in [9.17, 15) is 13.2 Å². The first-order valence-electron chi connectivity index (χ1n) is 11.6. The van der Waals surface area contributed by atoms with E-state index in [1.807, 2.05) is 17.0 Å². The van der Waals surface area contributed by atoms with Crippen LogP contribution in [0.4, 0.5) is 5.69 Å².